The van der Waals surface area contributed by atoms with Gasteiger partial charge in [-0.15, -0.1) is 11.3 Å². The average Bonchev–Trinajstić information content (AvgIpc) is 2.85. The van der Waals surface area contributed by atoms with Crippen LogP contribution in [-0.4, -0.2) is 12.0 Å². The number of thiophene rings is 1. The number of anilines is 1. The number of hydrogen-bond acceptors (Lipinski definition) is 5. The minimum atomic E-state index is -0.450. The Balaban J connectivity index is 2.22. The van der Waals surface area contributed by atoms with Crippen LogP contribution in [0.25, 0.3) is 0 Å². The molecule has 0 saturated heterocycles. The van der Waals surface area contributed by atoms with E-state index in [0.717, 1.165) is 9.21 Å². The fraction of sp³-hybridized carbons (Fsp3) is 0.231. The molecule has 0 amide bonds. The molecule has 2 aromatic rings. The first-order chi connectivity index (χ1) is 9.51. The molecular weight excluding hydrogens is 300 g/mol. The standard InChI is InChI=1S/C13H13ClN2O3S/c1-8(12-5-6-13(14)20-12)15-10-4-3-9(16(17)18)7-11(10)19-2/h3-8,15H,1-2H3. The SMILES string of the molecule is COc1cc([N+](=O)[O-])ccc1NC(C)c1ccc(Cl)s1. The van der Waals surface area contributed by atoms with Gasteiger partial charge in [0.25, 0.3) is 5.69 Å². The van der Waals surface area contributed by atoms with Gasteiger partial charge in [0.05, 0.1) is 34.2 Å². The maximum absolute atomic E-state index is 10.7. The molecule has 1 N–H and O–H groups in total. The maximum Gasteiger partial charge on any atom is 0.273 e. The summed E-state index contributed by atoms with van der Waals surface area (Å²) >= 11 is 7.40. The molecule has 0 aliphatic carbocycles. The minimum absolute atomic E-state index is 0.000721. The van der Waals surface area contributed by atoms with E-state index in [1.165, 1.54) is 30.6 Å². The quantitative estimate of drug-likeness (QED) is 0.652. The molecule has 0 saturated carbocycles. The molecule has 2 rings (SSSR count). The van der Waals surface area contributed by atoms with Crippen molar-refractivity contribution in [2.75, 3.05) is 12.4 Å². The second-order valence-corrected chi connectivity index (χ2v) is 5.90. The largest absolute Gasteiger partial charge is 0.494 e. The molecule has 5 nitrogen and oxygen atoms in total. The number of nitro benzene ring substituents is 1. The van der Waals surface area contributed by atoms with Crippen molar-refractivity contribution in [3.63, 3.8) is 0 Å². The van der Waals surface area contributed by atoms with Crippen molar-refractivity contribution in [2.24, 2.45) is 0 Å². The highest BCUT2D eigenvalue weighted by Gasteiger charge is 2.14. The van der Waals surface area contributed by atoms with Gasteiger partial charge in [-0.05, 0) is 25.1 Å². The van der Waals surface area contributed by atoms with Crippen molar-refractivity contribution in [2.45, 2.75) is 13.0 Å². The van der Waals surface area contributed by atoms with Gasteiger partial charge in [-0.2, -0.15) is 0 Å². The molecule has 1 aromatic heterocycles. The van der Waals surface area contributed by atoms with Crippen LogP contribution in [0.3, 0.4) is 0 Å². The Kier molecular flexibility index (Phi) is 4.46. The van der Waals surface area contributed by atoms with Crippen molar-refractivity contribution >= 4 is 34.3 Å². The number of nitrogens with zero attached hydrogens (tertiary/aromatic N) is 1. The summed E-state index contributed by atoms with van der Waals surface area (Å²) < 4.78 is 5.91. The molecule has 1 heterocycles. The highest BCUT2D eigenvalue weighted by molar-refractivity contribution is 7.16. The van der Waals surface area contributed by atoms with Crippen molar-refractivity contribution < 1.29 is 9.66 Å². The Morgan fingerprint density at radius 2 is 2.15 bits per heavy atom. The van der Waals surface area contributed by atoms with Crippen molar-refractivity contribution in [1.82, 2.24) is 0 Å². The molecule has 0 aliphatic rings. The van der Waals surface area contributed by atoms with E-state index >= 15 is 0 Å². The number of halogens is 1. The number of nitro groups is 1. The second kappa shape index (κ2) is 6.11. The highest BCUT2D eigenvalue weighted by atomic mass is 35.5. The summed E-state index contributed by atoms with van der Waals surface area (Å²) in [7, 11) is 1.48. The number of non-ortho nitro benzene ring substituents is 1. The molecule has 1 aromatic carbocycles. The zero-order valence-corrected chi connectivity index (χ0v) is 12.5. The number of ether oxygens (including phenoxy) is 1. The predicted molar refractivity (Wildman–Crippen MR) is 81.0 cm³/mol. The summed E-state index contributed by atoms with van der Waals surface area (Å²) in [6.45, 7) is 1.99. The fourth-order valence-electron chi connectivity index (χ4n) is 1.78. The average molecular weight is 313 g/mol. The van der Waals surface area contributed by atoms with Gasteiger partial charge in [0, 0.05) is 10.9 Å². The fourth-order valence-corrected chi connectivity index (χ4v) is 2.84. The summed E-state index contributed by atoms with van der Waals surface area (Å²) in [5, 5.41) is 14.0. The highest BCUT2D eigenvalue weighted by Crippen LogP contribution is 2.34. The molecule has 7 heteroatoms. The number of hydrogen-bond donors (Lipinski definition) is 1. The van der Waals surface area contributed by atoms with E-state index in [1.807, 2.05) is 19.1 Å². The number of methoxy groups -OCH3 is 1. The van der Waals surface area contributed by atoms with Gasteiger partial charge in [0.15, 0.2) is 0 Å². The van der Waals surface area contributed by atoms with Gasteiger partial charge in [-0.25, -0.2) is 0 Å². The van der Waals surface area contributed by atoms with Crippen LogP contribution < -0.4 is 10.1 Å². The number of benzene rings is 1. The third-order valence-electron chi connectivity index (χ3n) is 2.79. The summed E-state index contributed by atoms with van der Waals surface area (Å²) in [5.74, 6) is 0.439. The summed E-state index contributed by atoms with van der Waals surface area (Å²) in [6.07, 6.45) is 0. The number of rotatable bonds is 5. The van der Waals surface area contributed by atoms with Gasteiger partial charge >= 0.3 is 0 Å². The molecule has 0 spiro atoms. The van der Waals surface area contributed by atoms with Crippen molar-refractivity contribution in [3.05, 3.63) is 49.7 Å². The van der Waals surface area contributed by atoms with Gasteiger partial charge in [-0.3, -0.25) is 10.1 Å². The Morgan fingerprint density at radius 3 is 2.70 bits per heavy atom. The van der Waals surface area contributed by atoms with E-state index in [4.69, 9.17) is 16.3 Å². The van der Waals surface area contributed by atoms with Crippen LogP contribution in [0.15, 0.2) is 30.3 Å². The molecular formula is C13H13ClN2O3S. The monoisotopic (exact) mass is 312 g/mol. The summed E-state index contributed by atoms with van der Waals surface area (Å²) in [4.78, 5) is 11.4. The van der Waals surface area contributed by atoms with E-state index in [-0.39, 0.29) is 11.7 Å². The Bertz CT molecular complexity index is 630. The minimum Gasteiger partial charge on any atom is -0.494 e. The van der Waals surface area contributed by atoms with Crippen LogP contribution in [0.1, 0.15) is 17.8 Å². The van der Waals surface area contributed by atoms with Gasteiger partial charge in [0.1, 0.15) is 5.75 Å². The molecule has 20 heavy (non-hydrogen) atoms. The van der Waals surface area contributed by atoms with Crippen LogP contribution in [0.4, 0.5) is 11.4 Å². The first kappa shape index (κ1) is 14.6. The maximum atomic E-state index is 10.7. The van der Waals surface area contributed by atoms with Gasteiger partial charge in [-0.1, -0.05) is 11.6 Å². The Labute approximate surface area is 125 Å². The van der Waals surface area contributed by atoms with Crippen LogP contribution in [0, 0.1) is 10.1 Å². The van der Waals surface area contributed by atoms with E-state index in [1.54, 1.807) is 6.07 Å². The lowest BCUT2D eigenvalue weighted by Crippen LogP contribution is -2.06. The smallest absolute Gasteiger partial charge is 0.273 e. The first-order valence-electron chi connectivity index (χ1n) is 5.85. The van der Waals surface area contributed by atoms with E-state index in [2.05, 4.69) is 5.32 Å². The first-order valence-corrected chi connectivity index (χ1v) is 7.05. The lowest BCUT2D eigenvalue weighted by Gasteiger charge is -2.16. The normalized spacial score (nSPS) is 11.9. The summed E-state index contributed by atoms with van der Waals surface area (Å²) in [6, 6.07) is 8.30. The molecule has 0 radical (unpaired) electrons. The summed E-state index contributed by atoms with van der Waals surface area (Å²) in [5.41, 5.74) is 0.703. The van der Waals surface area contributed by atoms with Crippen LogP contribution in [0.2, 0.25) is 4.34 Å². The van der Waals surface area contributed by atoms with Gasteiger partial charge in [0.2, 0.25) is 0 Å². The lowest BCUT2D eigenvalue weighted by atomic mass is 10.2. The van der Waals surface area contributed by atoms with Crippen LogP contribution in [-0.2, 0) is 0 Å². The van der Waals surface area contributed by atoms with E-state index in [0.29, 0.717) is 11.4 Å². The third-order valence-corrected chi connectivity index (χ3v) is 4.20. The zero-order chi connectivity index (χ0) is 14.7. The van der Waals surface area contributed by atoms with Crippen molar-refractivity contribution in [1.29, 1.82) is 0 Å². The van der Waals surface area contributed by atoms with E-state index < -0.39 is 4.92 Å². The number of nitrogens with one attached hydrogen (secondary N) is 1. The molecule has 1 unspecified atom stereocenters. The van der Waals surface area contributed by atoms with Crippen LogP contribution in [0.5, 0.6) is 5.75 Å². The van der Waals surface area contributed by atoms with E-state index in [9.17, 15) is 10.1 Å². The Hall–Kier alpha value is -1.79. The molecule has 0 fully saturated rings. The Morgan fingerprint density at radius 1 is 1.40 bits per heavy atom. The van der Waals surface area contributed by atoms with Crippen LogP contribution >= 0.6 is 22.9 Å². The third kappa shape index (κ3) is 3.20. The molecule has 0 aliphatic heterocycles. The molecule has 1 atom stereocenters. The van der Waals surface area contributed by atoms with Gasteiger partial charge < -0.3 is 10.1 Å². The topological polar surface area (TPSA) is 64.4 Å². The van der Waals surface area contributed by atoms with Crippen molar-refractivity contribution in [3.8, 4) is 5.75 Å². The molecule has 0 bridgehead atoms. The predicted octanol–water partition coefficient (Wildman–Crippen LogP) is 4.49. The molecule has 106 valence electrons. The second-order valence-electron chi connectivity index (χ2n) is 4.15. The zero-order valence-electron chi connectivity index (χ0n) is 10.9. The lowest BCUT2D eigenvalue weighted by molar-refractivity contribution is -0.384.